The molecule has 3 heteroatoms. The lowest BCUT2D eigenvalue weighted by atomic mass is 9.82. The Hall–Kier alpha value is -0.570. The van der Waals surface area contributed by atoms with E-state index in [2.05, 4.69) is 0 Å². The lowest BCUT2D eigenvalue weighted by Gasteiger charge is -2.44. The summed E-state index contributed by atoms with van der Waals surface area (Å²) in [5.74, 6) is -0.0929. The number of carbonyl (C=O) groups excluding carboxylic acids is 1. The summed E-state index contributed by atoms with van der Waals surface area (Å²) in [5, 5.41) is 0. The Balaban J connectivity index is 2.93. The number of rotatable bonds is 6. The zero-order valence-corrected chi connectivity index (χ0v) is 13.5. The van der Waals surface area contributed by atoms with Crippen molar-refractivity contribution in [3.05, 3.63) is 0 Å². The second-order valence-corrected chi connectivity index (χ2v) is 6.77. The molecule has 3 nitrogen and oxygen atoms in total. The van der Waals surface area contributed by atoms with Gasteiger partial charge in [-0.25, -0.2) is 0 Å². The Morgan fingerprint density at radius 1 is 1.11 bits per heavy atom. The van der Waals surface area contributed by atoms with E-state index in [1.807, 2.05) is 41.5 Å². The average Bonchev–Trinajstić information content (AvgIpc) is 2.79. The van der Waals surface area contributed by atoms with E-state index in [0.717, 1.165) is 32.1 Å². The molecule has 19 heavy (non-hydrogen) atoms. The summed E-state index contributed by atoms with van der Waals surface area (Å²) in [6.07, 6.45) is 4.82. The van der Waals surface area contributed by atoms with Gasteiger partial charge in [0.2, 0.25) is 0 Å². The lowest BCUT2D eigenvalue weighted by molar-refractivity contribution is -0.208. The van der Waals surface area contributed by atoms with Gasteiger partial charge in [0, 0.05) is 6.61 Å². The highest BCUT2D eigenvalue weighted by molar-refractivity contribution is 5.76. The van der Waals surface area contributed by atoms with E-state index in [9.17, 15) is 4.79 Å². The smallest absolute Gasteiger partial charge is 0.312 e. The Bertz CT molecular complexity index is 312. The Morgan fingerprint density at radius 3 is 2.05 bits per heavy atom. The highest BCUT2D eigenvalue weighted by Crippen LogP contribution is 2.44. The van der Waals surface area contributed by atoms with Crippen molar-refractivity contribution in [3.63, 3.8) is 0 Å². The third kappa shape index (κ3) is 3.31. The standard InChI is InChI=1S/C16H30O3/c1-7-14(3,4)13(17)19-16(11-9-10-12-16)15(5,6)18-8-2/h7-12H2,1-6H3. The lowest BCUT2D eigenvalue weighted by Crippen LogP contribution is -2.54. The first-order valence-electron chi connectivity index (χ1n) is 7.58. The molecule has 1 aliphatic rings. The molecule has 0 amide bonds. The van der Waals surface area contributed by atoms with Gasteiger partial charge < -0.3 is 9.47 Å². The van der Waals surface area contributed by atoms with Gasteiger partial charge in [-0.1, -0.05) is 6.92 Å². The molecule has 1 fully saturated rings. The van der Waals surface area contributed by atoms with Gasteiger partial charge in [0.1, 0.15) is 11.2 Å². The average molecular weight is 270 g/mol. The van der Waals surface area contributed by atoms with Crippen molar-refractivity contribution in [1.82, 2.24) is 0 Å². The van der Waals surface area contributed by atoms with Crippen LogP contribution in [0.25, 0.3) is 0 Å². The van der Waals surface area contributed by atoms with Crippen molar-refractivity contribution in [2.24, 2.45) is 5.41 Å². The molecule has 0 radical (unpaired) electrons. The number of hydrogen-bond acceptors (Lipinski definition) is 3. The van der Waals surface area contributed by atoms with Crippen LogP contribution in [0, 0.1) is 5.41 Å². The van der Waals surface area contributed by atoms with E-state index in [0.29, 0.717) is 6.61 Å². The van der Waals surface area contributed by atoms with Crippen LogP contribution in [0.1, 0.15) is 73.6 Å². The summed E-state index contributed by atoms with van der Waals surface area (Å²) in [6.45, 7) is 12.7. The molecule has 0 unspecified atom stereocenters. The van der Waals surface area contributed by atoms with Gasteiger partial charge in [-0.05, 0) is 66.7 Å². The van der Waals surface area contributed by atoms with Crippen LogP contribution in [-0.4, -0.2) is 23.8 Å². The zero-order chi connectivity index (χ0) is 14.7. The summed E-state index contributed by atoms with van der Waals surface area (Å²) in [7, 11) is 0. The predicted molar refractivity (Wildman–Crippen MR) is 77.1 cm³/mol. The van der Waals surface area contributed by atoms with Crippen LogP contribution in [0.2, 0.25) is 0 Å². The molecule has 0 aromatic heterocycles. The molecule has 0 heterocycles. The maximum atomic E-state index is 12.4. The molecule has 0 N–H and O–H groups in total. The predicted octanol–water partition coefficient (Wildman–Crippen LogP) is 4.09. The van der Waals surface area contributed by atoms with Gasteiger partial charge in [-0.2, -0.15) is 0 Å². The summed E-state index contributed by atoms with van der Waals surface area (Å²) >= 11 is 0. The molecular formula is C16H30O3. The van der Waals surface area contributed by atoms with Crippen molar-refractivity contribution in [2.45, 2.75) is 84.8 Å². The van der Waals surface area contributed by atoms with Gasteiger partial charge in [-0.3, -0.25) is 4.79 Å². The largest absolute Gasteiger partial charge is 0.456 e. The first kappa shape index (κ1) is 16.5. The van der Waals surface area contributed by atoms with E-state index in [-0.39, 0.29) is 5.97 Å². The van der Waals surface area contributed by atoms with E-state index in [1.54, 1.807) is 0 Å². The van der Waals surface area contributed by atoms with Crippen LogP contribution in [0.5, 0.6) is 0 Å². The topological polar surface area (TPSA) is 35.5 Å². The second kappa shape index (κ2) is 5.82. The van der Waals surface area contributed by atoms with Crippen molar-refractivity contribution in [2.75, 3.05) is 6.61 Å². The normalized spacial score (nSPS) is 19.5. The van der Waals surface area contributed by atoms with Crippen molar-refractivity contribution in [3.8, 4) is 0 Å². The molecule has 1 saturated carbocycles. The molecule has 1 aliphatic carbocycles. The highest BCUT2D eigenvalue weighted by Gasteiger charge is 2.52. The number of esters is 1. The minimum atomic E-state index is -0.452. The van der Waals surface area contributed by atoms with Crippen LogP contribution in [0.15, 0.2) is 0 Å². The summed E-state index contributed by atoms with van der Waals surface area (Å²) in [4.78, 5) is 12.4. The Morgan fingerprint density at radius 2 is 1.63 bits per heavy atom. The third-order valence-corrected chi connectivity index (χ3v) is 4.74. The van der Waals surface area contributed by atoms with E-state index in [4.69, 9.17) is 9.47 Å². The number of ether oxygens (including phenoxy) is 2. The van der Waals surface area contributed by atoms with Gasteiger partial charge in [0.25, 0.3) is 0 Å². The fourth-order valence-corrected chi connectivity index (χ4v) is 2.73. The van der Waals surface area contributed by atoms with Gasteiger partial charge in [0.15, 0.2) is 0 Å². The monoisotopic (exact) mass is 270 g/mol. The first-order valence-corrected chi connectivity index (χ1v) is 7.58. The minimum Gasteiger partial charge on any atom is -0.456 e. The quantitative estimate of drug-likeness (QED) is 0.682. The maximum absolute atomic E-state index is 12.4. The summed E-state index contributed by atoms with van der Waals surface area (Å²) < 4.78 is 11.9. The van der Waals surface area contributed by atoms with Crippen LogP contribution in [0.3, 0.4) is 0 Å². The number of hydrogen-bond donors (Lipinski definition) is 0. The zero-order valence-electron chi connectivity index (χ0n) is 13.5. The fourth-order valence-electron chi connectivity index (χ4n) is 2.73. The van der Waals surface area contributed by atoms with Crippen LogP contribution in [-0.2, 0) is 14.3 Å². The number of carbonyl (C=O) groups is 1. The first-order chi connectivity index (χ1) is 8.71. The second-order valence-electron chi connectivity index (χ2n) is 6.77. The van der Waals surface area contributed by atoms with E-state index in [1.165, 1.54) is 0 Å². The van der Waals surface area contributed by atoms with Crippen molar-refractivity contribution < 1.29 is 14.3 Å². The molecule has 0 bridgehead atoms. The van der Waals surface area contributed by atoms with Crippen LogP contribution < -0.4 is 0 Å². The molecule has 0 aromatic rings. The van der Waals surface area contributed by atoms with E-state index < -0.39 is 16.6 Å². The maximum Gasteiger partial charge on any atom is 0.312 e. The molecule has 112 valence electrons. The van der Waals surface area contributed by atoms with Gasteiger partial charge >= 0.3 is 5.97 Å². The SMILES string of the molecule is CCOC(C)(C)C1(OC(=O)C(C)(C)CC)CCCC1. The molecule has 0 saturated heterocycles. The van der Waals surface area contributed by atoms with Gasteiger partial charge in [0.05, 0.1) is 5.41 Å². The molecule has 1 rings (SSSR count). The molecule has 0 atom stereocenters. The third-order valence-electron chi connectivity index (χ3n) is 4.74. The van der Waals surface area contributed by atoms with Crippen LogP contribution in [0.4, 0.5) is 0 Å². The molecule has 0 aliphatic heterocycles. The Labute approximate surface area is 118 Å². The minimum absolute atomic E-state index is 0.0929. The van der Waals surface area contributed by atoms with Crippen LogP contribution >= 0.6 is 0 Å². The highest BCUT2D eigenvalue weighted by atomic mass is 16.6. The van der Waals surface area contributed by atoms with Crippen molar-refractivity contribution >= 4 is 5.97 Å². The fraction of sp³-hybridized carbons (Fsp3) is 0.938. The summed E-state index contributed by atoms with van der Waals surface area (Å²) in [5.41, 5.74) is -1.29. The van der Waals surface area contributed by atoms with Gasteiger partial charge in [-0.15, -0.1) is 0 Å². The van der Waals surface area contributed by atoms with Crippen molar-refractivity contribution in [1.29, 1.82) is 0 Å². The van der Waals surface area contributed by atoms with E-state index >= 15 is 0 Å². The molecule has 0 spiro atoms. The molecular weight excluding hydrogens is 240 g/mol. The summed E-state index contributed by atoms with van der Waals surface area (Å²) in [6, 6.07) is 0. The molecule has 0 aromatic carbocycles. The Kier molecular flexibility index (Phi) is 5.05.